The summed E-state index contributed by atoms with van der Waals surface area (Å²) in [7, 11) is 0. The first-order valence-corrected chi connectivity index (χ1v) is 7.21. The Morgan fingerprint density at radius 2 is 1.35 bits per heavy atom. The summed E-state index contributed by atoms with van der Waals surface area (Å²) in [4.78, 5) is 22.9. The third kappa shape index (κ3) is 5.59. The van der Waals surface area contributed by atoms with Crippen LogP contribution in [0.5, 0.6) is 0 Å². The summed E-state index contributed by atoms with van der Waals surface area (Å²) >= 11 is 0. The van der Waals surface area contributed by atoms with Crippen LogP contribution >= 0.6 is 0 Å². The van der Waals surface area contributed by atoms with Crippen molar-refractivity contribution in [2.24, 2.45) is 5.41 Å². The molecular formula is C16H24O4. The number of hydrogen-bond donors (Lipinski definition) is 0. The zero-order valence-corrected chi connectivity index (χ0v) is 12.4. The summed E-state index contributed by atoms with van der Waals surface area (Å²) in [6.07, 6.45) is 11.3. The highest BCUT2D eigenvalue weighted by atomic mass is 16.5. The van der Waals surface area contributed by atoms with Crippen LogP contribution in [0.1, 0.15) is 46.0 Å². The molecule has 0 saturated heterocycles. The Bertz CT molecular complexity index is 346. The van der Waals surface area contributed by atoms with E-state index in [-0.39, 0.29) is 17.4 Å². The van der Waals surface area contributed by atoms with Gasteiger partial charge in [-0.2, -0.15) is 0 Å². The molecule has 1 saturated carbocycles. The Balaban J connectivity index is 2.56. The Kier molecular flexibility index (Phi) is 7.05. The van der Waals surface area contributed by atoms with E-state index >= 15 is 0 Å². The van der Waals surface area contributed by atoms with Gasteiger partial charge in [-0.3, -0.25) is 0 Å². The molecule has 0 bridgehead atoms. The van der Waals surface area contributed by atoms with Crippen molar-refractivity contribution in [3.8, 4) is 0 Å². The van der Waals surface area contributed by atoms with Gasteiger partial charge in [-0.25, -0.2) is 9.59 Å². The molecule has 1 aliphatic rings. The summed E-state index contributed by atoms with van der Waals surface area (Å²) in [5.41, 5.74) is -0.216. The summed E-state index contributed by atoms with van der Waals surface area (Å²) in [6, 6.07) is 0. The average Bonchev–Trinajstić information content (AvgIpc) is 2.45. The van der Waals surface area contributed by atoms with Gasteiger partial charge < -0.3 is 9.47 Å². The van der Waals surface area contributed by atoms with Crippen molar-refractivity contribution >= 4 is 11.9 Å². The first kappa shape index (κ1) is 16.5. The minimum absolute atomic E-state index is 0.216. The smallest absolute Gasteiger partial charge is 0.330 e. The van der Waals surface area contributed by atoms with Gasteiger partial charge in [0.1, 0.15) is 13.2 Å². The molecule has 1 aliphatic carbocycles. The summed E-state index contributed by atoms with van der Waals surface area (Å²) in [5.74, 6) is -0.672. The molecule has 0 aromatic rings. The van der Waals surface area contributed by atoms with Crippen LogP contribution in [0.25, 0.3) is 0 Å². The molecule has 0 radical (unpaired) electrons. The quantitative estimate of drug-likeness (QED) is 0.554. The predicted molar refractivity (Wildman–Crippen MR) is 77.1 cm³/mol. The van der Waals surface area contributed by atoms with Gasteiger partial charge in [-0.1, -0.05) is 31.4 Å². The van der Waals surface area contributed by atoms with Gasteiger partial charge in [0.15, 0.2) is 0 Å². The molecule has 1 fully saturated rings. The average molecular weight is 280 g/mol. The van der Waals surface area contributed by atoms with Crippen LogP contribution < -0.4 is 0 Å². The monoisotopic (exact) mass is 280 g/mol. The largest absolute Gasteiger partial charge is 0.462 e. The maximum absolute atomic E-state index is 11.4. The van der Waals surface area contributed by atoms with Gasteiger partial charge >= 0.3 is 11.9 Å². The van der Waals surface area contributed by atoms with Crippen LogP contribution in [0.15, 0.2) is 24.3 Å². The van der Waals surface area contributed by atoms with E-state index in [9.17, 15) is 9.59 Å². The van der Waals surface area contributed by atoms with Crippen molar-refractivity contribution in [3.63, 3.8) is 0 Å². The zero-order valence-electron chi connectivity index (χ0n) is 12.4. The Morgan fingerprint density at radius 3 is 1.75 bits per heavy atom. The first-order chi connectivity index (χ1) is 9.62. The van der Waals surface area contributed by atoms with Crippen molar-refractivity contribution in [1.29, 1.82) is 0 Å². The molecule has 112 valence electrons. The van der Waals surface area contributed by atoms with Crippen molar-refractivity contribution in [2.75, 3.05) is 13.2 Å². The third-order valence-corrected chi connectivity index (χ3v) is 3.56. The van der Waals surface area contributed by atoms with Crippen LogP contribution in [0, 0.1) is 5.41 Å². The molecule has 0 unspecified atom stereocenters. The lowest BCUT2D eigenvalue weighted by atomic mass is 9.75. The molecule has 0 amide bonds. The molecule has 1 rings (SSSR count). The zero-order chi connectivity index (χ0) is 14.8. The van der Waals surface area contributed by atoms with E-state index in [0.717, 1.165) is 25.7 Å². The standard InChI is InChI=1S/C16H24O4/c1-3-8-14(17)19-12-16(10-6-5-7-11-16)13-20-15(18)9-4-2/h3-4,8-9H,5-7,10-13H2,1-2H3. The van der Waals surface area contributed by atoms with Gasteiger partial charge in [0.25, 0.3) is 0 Å². The van der Waals surface area contributed by atoms with Gasteiger partial charge in [0.2, 0.25) is 0 Å². The fourth-order valence-corrected chi connectivity index (χ4v) is 2.45. The topological polar surface area (TPSA) is 52.6 Å². The fourth-order valence-electron chi connectivity index (χ4n) is 2.45. The van der Waals surface area contributed by atoms with Gasteiger partial charge in [0, 0.05) is 17.6 Å². The molecule has 0 aromatic heterocycles. The van der Waals surface area contributed by atoms with Crippen LogP contribution in [-0.2, 0) is 19.1 Å². The van der Waals surface area contributed by atoms with E-state index in [4.69, 9.17) is 9.47 Å². The number of rotatable bonds is 6. The highest BCUT2D eigenvalue weighted by molar-refractivity contribution is 5.82. The second-order valence-corrected chi connectivity index (χ2v) is 5.28. The maximum Gasteiger partial charge on any atom is 0.330 e. The van der Waals surface area contributed by atoms with E-state index in [1.165, 1.54) is 18.6 Å². The van der Waals surface area contributed by atoms with Crippen molar-refractivity contribution in [3.05, 3.63) is 24.3 Å². The molecule has 0 aromatic carbocycles. The highest BCUT2D eigenvalue weighted by Gasteiger charge is 2.34. The molecule has 0 heterocycles. The van der Waals surface area contributed by atoms with Crippen molar-refractivity contribution in [2.45, 2.75) is 46.0 Å². The van der Waals surface area contributed by atoms with Gasteiger partial charge in [-0.05, 0) is 26.7 Å². The number of carbonyl (C=O) groups excluding carboxylic acids is 2. The minimum Gasteiger partial charge on any atom is -0.462 e. The van der Waals surface area contributed by atoms with E-state index in [0.29, 0.717) is 13.2 Å². The van der Waals surface area contributed by atoms with Crippen molar-refractivity contribution in [1.82, 2.24) is 0 Å². The molecule has 20 heavy (non-hydrogen) atoms. The van der Waals surface area contributed by atoms with E-state index in [2.05, 4.69) is 0 Å². The summed E-state index contributed by atoms with van der Waals surface area (Å²) in [5, 5.41) is 0. The van der Waals surface area contributed by atoms with E-state index < -0.39 is 0 Å². The molecule has 0 N–H and O–H groups in total. The van der Waals surface area contributed by atoms with Crippen LogP contribution in [0.4, 0.5) is 0 Å². The van der Waals surface area contributed by atoms with Gasteiger partial charge in [0.05, 0.1) is 0 Å². The second-order valence-electron chi connectivity index (χ2n) is 5.28. The number of ether oxygens (including phenoxy) is 2. The lowest BCUT2D eigenvalue weighted by molar-refractivity contribution is -0.149. The number of esters is 2. The first-order valence-electron chi connectivity index (χ1n) is 7.21. The normalized spacial score (nSPS) is 18.3. The Labute approximate surface area is 120 Å². The van der Waals surface area contributed by atoms with E-state index in [1.54, 1.807) is 26.0 Å². The molecule has 4 heteroatoms. The third-order valence-electron chi connectivity index (χ3n) is 3.56. The Hall–Kier alpha value is -1.58. The van der Waals surface area contributed by atoms with Gasteiger partial charge in [-0.15, -0.1) is 0 Å². The number of allylic oxidation sites excluding steroid dienone is 2. The molecule has 0 aliphatic heterocycles. The minimum atomic E-state index is -0.336. The number of carbonyl (C=O) groups is 2. The maximum atomic E-state index is 11.4. The Morgan fingerprint density at radius 1 is 0.900 bits per heavy atom. The van der Waals surface area contributed by atoms with Crippen LogP contribution in [0.2, 0.25) is 0 Å². The van der Waals surface area contributed by atoms with E-state index in [1.807, 2.05) is 0 Å². The molecule has 0 spiro atoms. The van der Waals surface area contributed by atoms with Crippen molar-refractivity contribution < 1.29 is 19.1 Å². The fraction of sp³-hybridized carbons (Fsp3) is 0.625. The second kappa shape index (κ2) is 8.56. The molecule has 0 atom stereocenters. The lowest BCUT2D eigenvalue weighted by Gasteiger charge is -2.35. The predicted octanol–water partition coefficient (Wildman–Crippen LogP) is 3.18. The highest BCUT2D eigenvalue weighted by Crippen LogP contribution is 2.37. The number of hydrogen-bond acceptors (Lipinski definition) is 4. The lowest BCUT2D eigenvalue weighted by Crippen LogP contribution is -2.36. The van der Waals surface area contributed by atoms with Crippen LogP contribution in [-0.4, -0.2) is 25.2 Å². The SMILES string of the molecule is CC=CC(=O)OCC1(COC(=O)C=CC)CCCCC1. The molecular weight excluding hydrogens is 256 g/mol. The summed E-state index contributed by atoms with van der Waals surface area (Å²) in [6.45, 7) is 4.19. The molecule has 4 nitrogen and oxygen atoms in total. The summed E-state index contributed by atoms with van der Waals surface area (Å²) < 4.78 is 10.6. The van der Waals surface area contributed by atoms with Crippen LogP contribution in [0.3, 0.4) is 0 Å².